The Kier molecular flexibility index (Phi) is 4.70. The monoisotopic (exact) mass is 363 g/mol. The normalized spacial score (nSPS) is 16.3. The smallest absolute Gasteiger partial charge is 0.274 e. The van der Waals surface area contributed by atoms with Gasteiger partial charge in [-0.15, -0.1) is 0 Å². The van der Waals surface area contributed by atoms with Crippen LogP contribution in [0.5, 0.6) is 0 Å². The molecule has 0 aliphatic carbocycles. The molecule has 0 bridgehead atoms. The minimum absolute atomic E-state index is 0.131. The molecule has 21 heavy (non-hydrogen) atoms. The number of rotatable bonds is 5. The number of imide groups is 1. The first kappa shape index (κ1) is 16.0. The van der Waals surface area contributed by atoms with Crippen molar-refractivity contribution in [3.63, 3.8) is 0 Å². The van der Waals surface area contributed by atoms with Gasteiger partial charge in [-0.1, -0.05) is 28.1 Å². The molecule has 0 radical (unpaired) electrons. The average molecular weight is 364 g/mol. The lowest BCUT2D eigenvalue weighted by molar-refractivity contribution is -0.134. The third kappa shape index (κ3) is 3.84. The number of nitrogens with zero attached hydrogens (tertiary/aromatic N) is 1. The van der Waals surface area contributed by atoms with Gasteiger partial charge in [0.15, 0.2) is 0 Å². The van der Waals surface area contributed by atoms with Crippen molar-refractivity contribution in [2.75, 3.05) is 6.54 Å². The number of fused-ring (bicyclic) bond motifs is 1. The summed E-state index contributed by atoms with van der Waals surface area (Å²) in [6.45, 7) is 0.131. The van der Waals surface area contributed by atoms with E-state index in [1.54, 1.807) is 24.3 Å². The minimum atomic E-state index is -4.22. The first-order chi connectivity index (χ1) is 9.79. The Balaban J connectivity index is 1.88. The summed E-state index contributed by atoms with van der Waals surface area (Å²) in [6.07, 6.45) is -4.57. The summed E-state index contributed by atoms with van der Waals surface area (Å²) in [5.41, 5.74) is 0.710. The van der Waals surface area contributed by atoms with Crippen LogP contribution in [0, 0.1) is 0 Å². The van der Waals surface area contributed by atoms with Crippen molar-refractivity contribution in [3.05, 3.63) is 35.4 Å². The molecule has 0 N–H and O–H groups in total. The molecule has 0 fully saturated rings. The second-order valence-corrected chi connectivity index (χ2v) is 6.16. The Morgan fingerprint density at radius 1 is 1.10 bits per heavy atom. The van der Waals surface area contributed by atoms with E-state index in [0.717, 1.165) is 4.90 Å². The van der Waals surface area contributed by atoms with Crippen LogP contribution in [-0.2, 0) is 0 Å². The van der Waals surface area contributed by atoms with E-state index in [1.165, 1.54) is 0 Å². The van der Waals surface area contributed by atoms with Crippen LogP contribution in [0.3, 0.4) is 0 Å². The second-order valence-electron chi connectivity index (χ2n) is 4.87. The second kappa shape index (κ2) is 6.17. The number of hydrogen-bond donors (Lipinski definition) is 0. The molecular formula is C14H13BrF3NO2. The van der Waals surface area contributed by atoms with Gasteiger partial charge in [-0.25, -0.2) is 0 Å². The largest absolute Gasteiger partial charge is 0.390 e. The van der Waals surface area contributed by atoms with Crippen molar-refractivity contribution in [2.45, 2.75) is 30.3 Å². The van der Waals surface area contributed by atoms with E-state index < -0.39 is 17.4 Å². The fourth-order valence-corrected chi connectivity index (χ4v) is 2.96. The number of halogens is 4. The van der Waals surface area contributed by atoms with E-state index in [9.17, 15) is 22.8 Å². The van der Waals surface area contributed by atoms with E-state index in [0.29, 0.717) is 17.5 Å². The summed E-state index contributed by atoms with van der Waals surface area (Å²) in [6, 6.07) is 6.50. The standard InChI is InChI=1S/C14H13BrF3NO2/c15-9(8-14(16,17)18)4-3-7-19-12(20)10-5-1-2-6-11(10)13(19)21/h1-2,5-6,9H,3-4,7-8H2. The highest BCUT2D eigenvalue weighted by atomic mass is 79.9. The van der Waals surface area contributed by atoms with Gasteiger partial charge in [0.1, 0.15) is 0 Å². The molecule has 3 nitrogen and oxygen atoms in total. The van der Waals surface area contributed by atoms with Crippen molar-refractivity contribution < 1.29 is 22.8 Å². The zero-order valence-corrected chi connectivity index (χ0v) is 12.6. The van der Waals surface area contributed by atoms with Crippen molar-refractivity contribution >= 4 is 27.7 Å². The topological polar surface area (TPSA) is 37.4 Å². The van der Waals surface area contributed by atoms with Crippen LogP contribution < -0.4 is 0 Å². The number of hydrogen-bond acceptors (Lipinski definition) is 2. The summed E-state index contributed by atoms with van der Waals surface area (Å²) in [7, 11) is 0. The van der Waals surface area contributed by atoms with Gasteiger partial charge in [-0.2, -0.15) is 13.2 Å². The van der Waals surface area contributed by atoms with Gasteiger partial charge in [-0.3, -0.25) is 14.5 Å². The number of carbonyl (C=O) groups is 2. The Morgan fingerprint density at radius 2 is 1.62 bits per heavy atom. The quantitative estimate of drug-likeness (QED) is 0.589. The van der Waals surface area contributed by atoms with Crippen LogP contribution in [0.25, 0.3) is 0 Å². The van der Waals surface area contributed by atoms with Crippen molar-refractivity contribution in [1.29, 1.82) is 0 Å². The molecule has 0 spiro atoms. The molecule has 1 atom stereocenters. The third-order valence-electron chi connectivity index (χ3n) is 3.23. The Labute approximate surface area is 128 Å². The van der Waals surface area contributed by atoms with E-state index in [1.807, 2.05) is 0 Å². The van der Waals surface area contributed by atoms with Gasteiger partial charge in [-0.05, 0) is 25.0 Å². The molecule has 1 aliphatic heterocycles. The highest BCUT2D eigenvalue weighted by Crippen LogP contribution is 2.28. The minimum Gasteiger partial charge on any atom is -0.274 e. The average Bonchev–Trinajstić information content (AvgIpc) is 2.62. The van der Waals surface area contributed by atoms with Crippen molar-refractivity contribution in [1.82, 2.24) is 4.90 Å². The lowest BCUT2D eigenvalue weighted by atomic mass is 10.1. The lowest BCUT2D eigenvalue weighted by Crippen LogP contribution is -2.31. The van der Waals surface area contributed by atoms with Gasteiger partial charge in [0.05, 0.1) is 17.5 Å². The predicted octanol–water partition coefficient (Wildman–Crippen LogP) is 3.78. The van der Waals surface area contributed by atoms with Gasteiger partial charge in [0, 0.05) is 11.4 Å². The number of benzene rings is 1. The fraction of sp³-hybridized carbons (Fsp3) is 0.429. The van der Waals surface area contributed by atoms with E-state index in [2.05, 4.69) is 15.9 Å². The molecule has 2 amide bonds. The molecule has 0 saturated heterocycles. The maximum Gasteiger partial charge on any atom is 0.390 e. The van der Waals surface area contributed by atoms with Gasteiger partial charge in [0.25, 0.3) is 11.8 Å². The van der Waals surface area contributed by atoms with E-state index in [4.69, 9.17) is 0 Å². The van der Waals surface area contributed by atoms with Gasteiger partial charge < -0.3 is 0 Å². The van der Waals surface area contributed by atoms with Gasteiger partial charge in [0.2, 0.25) is 0 Å². The molecular weight excluding hydrogens is 351 g/mol. The zero-order chi connectivity index (χ0) is 15.6. The van der Waals surface area contributed by atoms with Crippen LogP contribution in [0.2, 0.25) is 0 Å². The number of amides is 2. The molecule has 1 aromatic carbocycles. The maximum absolute atomic E-state index is 12.2. The highest BCUT2D eigenvalue weighted by molar-refractivity contribution is 9.09. The molecule has 1 heterocycles. The molecule has 114 valence electrons. The van der Waals surface area contributed by atoms with E-state index in [-0.39, 0.29) is 24.8 Å². The Bertz CT molecular complexity index is 524. The Hall–Kier alpha value is -1.37. The fourth-order valence-electron chi connectivity index (χ4n) is 2.27. The lowest BCUT2D eigenvalue weighted by Gasteiger charge is -2.16. The molecule has 2 rings (SSSR count). The summed E-state index contributed by atoms with van der Waals surface area (Å²) < 4.78 is 36.6. The van der Waals surface area contributed by atoms with Crippen LogP contribution in [0.15, 0.2) is 24.3 Å². The number of alkyl halides is 4. The van der Waals surface area contributed by atoms with Crippen LogP contribution in [-0.4, -0.2) is 34.3 Å². The molecule has 7 heteroatoms. The summed E-state index contributed by atoms with van der Waals surface area (Å²) in [5, 5.41) is 0. The van der Waals surface area contributed by atoms with Gasteiger partial charge >= 0.3 is 6.18 Å². The van der Waals surface area contributed by atoms with Crippen LogP contribution in [0.4, 0.5) is 13.2 Å². The molecule has 0 saturated carbocycles. The zero-order valence-electron chi connectivity index (χ0n) is 11.0. The molecule has 1 aromatic rings. The van der Waals surface area contributed by atoms with Crippen molar-refractivity contribution in [3.8, 4) is 0 Å². The SMILES string of the molecule is O=C1c2ccccc2C(=O)N1CCCC(Br)CC(F)(F)F. The first-order valence-corrected chi connectivity index (χ1v) is 7.37. The summed E-state index contributed by atoms with van der Waals surface area (Å²) in [5.74, 6) is -0.755. The molecule has 0 aromatic heterocycles. The van der Waals surface area contributed by atoms with E-state index >= 15 is 0 Å². The third-order valence-corrected chi connectivity index (χ3v) is 4.01. The molecule has 1 aliphatic rings. The first-order valence-electron chi connectivity index (χ1n) is 6.45. The molecule has 1 unspecified atom stereocenters. The number of carbonyl (C=O) groups excluding carboxylic acids is 2. The summed E-state index contributed by atoms with van der Waals surface area (Å²) >= 11 is 2.97. The summed E-state index contributed by atoms with van der Waals surface area (Å²) in [4.78, 5) is 24.4. The maximum atomic E-state index is 12.2. The van der Waals surface area contributed by atoms with Crippen LogP contribution in [0.1, 0.15) is 40.0 Å². The Morgan fingerprint density at radius 3 is 2.10 bits per heavy atom. The highest BCUT2D eigenvalue weighted by Gasteiger charge is 2.35. The predicted molar refractivity (Wildman–Crippen MR) is 74.4 cm³/mol. The van der Waals surface area contributed by atoms with Crippen LogP contribution >= 0.6 is 15.9 Å². The van der Waals surface area contributed by atoms with Crippen molar-refractivity contribution in [2.24, 2.45) is 0 Å².